The number of aliphatic hydroxyl groups excluding tert-OH is 1. The SMILES string of the molecule is N[C@@H](c1ccccc1)[C@@H](O)c1ccc(O)cc1. The van der Waals surface area contributed by atoms with E-state index in [2.05, 4.69) is 0 Å². The van der Waals surface area contributed by atoms with Crippen molar-refractivity contribution >= 4 is 0 Å². The predicted molar refractivity (Wildman–Crippen MR) is 66.4 cm³/mol. The first-order valence-corrected chi connectivity index (χ1v) is 5.46. The third-order valence-corrected chi connectivity index (χ3v) is 2.76. The molecule has 0 saturated heterocycles. The molecule has 0 spiro atoms. The van der Waals surface area contributed by atoms with Gasteiger partial charge in [0.2, 0.25) is 0 Å². The number of benzene rings is 2. The number of nitrogens with two attached hydrogens (primary N) is 1. The fraction of sp³-hybridized carbons (Fsp3) is 0.143. The van der Waals surface area contributed by atoms with Gasteiger partial charge in [0.1, 0.15) is 5.75 Å². The lowest BCUT2D eigenvalue weighted by Gasteiger charge is -2.19. The maximum absolute atomic E-state index is 10.1. The van der Waals surface area contributed by atoms with E-state index >= 15 is 0 Å². The van der Waals surface area contributed by atoms with Gasteiger partial charge < -0.3 is 15.9 Å². The molecule has 0 fully saturated rings. The average molecular weight is 229 g/mol. The van der Waals surface area contributed by atoms with E-state index in [1.807, 2.05) is 30.3 Å². The third-order valence-electron chi connectivity index (χ3n) is 2.76. The first kappa shape index (κ1) is 11.6. The maximum Gasteiger partial charge on any atom is 0.115 e. The normalized spacial score (nSPS) is 14.2. The van der Waals surface area contributed by atoms with Crippen LogP contribution in [-0.4, -0.2) is 10.2 Å². The van der Waals surface area contributed by atoms with E-state index in [4.69, 9.17) is 5.73 Å². The van der Waals surface area contributed by atoms with E-state index < -0.39 is 12.1 Å². The minimum absolute atomic E-state index is 0.175. The fourth-order valence-corrected chi connectivity index (χ4v) is 1.74. The Morgan fingerprint density at radius 1 is 0.824 bits per heavy atom. The van der Waals surface area contributed by atoms with Crippen LogP contribution in [0, 0.1) is 0 Å². The zero-order valence-corrected chi connectivity index (χ0v) is 9.32. The number of phenolic OH excluding ortho intramolecular Hbond substituents is 1. The van der Waals surface area contributed by atoms with Crippen molar-refractivity contribution < 1.29 is 10.2 Å². The van der Waals surface area contributed by atoms with E-state index in [-0.39, 0.29) is 5.75 Å². The molecule has 4 N–H and O–H groups in total. The van der Waals surface area contributed by atoms with Crippen molar-refractivity contribution in [3.8, 4) is 5.75 Å². The highest BCUT2D eigenvalue weighted by Gasteiger charge is 2.18. The van der Waals surface area contributed by atoms with Crippen LogP contribution in [0.25, 0.3) is 0 Å². The van der Waals surface area contributed by atoms with Gasteiger partial charge in [0.05, 0.1) is 12.1 Å². The van der Waals surface area contributed by atoms with E-state index in [0.717, 1.165) is 5.56 Å². The molecular formula is C14H15NO2. The van der Waals surface area contributed by atoms with Gasteiger partial charge in [-0.15, -0.1) is 0 Å². The molecule has 2 atom stereocenters. The van der Waals surface area contributed by atoms with Crippen molar-refractivity contribution in [1.82, 2.24) is 0 Å². The van der Waals surface area contributed by atoms with Gasteiger partial charge in [-0.2, -0.15) is 0 Å². The van der Waals surface area contributed by atoms with Crippen molar-refractivity contribution in [2.75, 3.05) is 0 Å². The molecule has 0 aliphatic carbocycles. The number of aliphatic hydroxyl groups is 1. The Labute approximate surface area is 100 Å². The molecule has 17 heavy (non-hydrogen) atoms. The Morgan fingerprint density at radius 3 is 2.00 bits per heavy atom. The van der Waals surface area contributed by atoms with Crippen LogP contribution in [0.15, 0.2) is 54.6 Å². The van der Waals surface area contributed by atoms with Crippen LogP contribution in [0.4, 0.5) is 0 Å². The van der Waals surface area contributed by atoms with Crippen molar-refractivity contribution in [1.29, 1.82) is 0 Å². The standard InChI is InChI=1S/C14H15NO2/c15-13(10-4-2-1-3-5-10)14(17)11-6-8-12(16)9-7-11/h1-9,13-14,16-17H,15H2/t13-,14-/m0/s1. The largest absolute Gasteiger partial charge is 0.508 e. The van der Waals surface area contributed by atoms with Crippen LogP contribution in [-0.2, 0) is 0 Å². The molecule has 0 aromatic heterocycles. The molecule has 2 rings (SSSR count). The molecule has 0 amide bonds. The lowest BCUT2D eigenvalue weighted by Crippen LogP contribution is -2.19. The molecule has 0 aliphatic rings. The minimum atomic E-state index is -0.780. The Bertz CT molecular complexity index is 467. The smallest absolute Gasteiger partial charge is 0.115 e. The van der Waals surface area contributed by atoms with E-state index in [9.17, 15) is 10.2 Å². The summed E-state index contributed by atoms with van der Waals surface area (Å²) in [7, 11) is 0. The van der Waals surface area contributed by atoms with Crippen molar-refractivity contribution in [3.63, 3.8) is 0 Å². The number of hydrogen-bond donors (Lipinski definition) is 3. The molecular weight excluding hydrogens is 214 g/mol. The second-order valence-corrected chi connectivity index (χ2v) is 3.97. The van der Waals surface area contributed by atoms with Crippen LogP contribution in [0.3, 0.4) is 0 Å². The molecule has 0 heterocycles. The Hall–Kier alpha value is -1.84. The minimum Gasteiger partial charge on any atom is -0.508 e. The molecule has 3 heteroatoms. The van der Waals surface area contributed by atoms with Gasteiger partial charge >= 0.3 is 0 Å². The molecule has 0 saturated carbocycles. The predicted octanol–water partition coefficient (Wildman–Crippen LogP) is 2.13. The lowest BCUT2D eigenvalue weighted by atomic mass is 9.97. The van der Waals surface area contributed by atoms with Crippen molar-refractivity contribution in [2.45, 2.75) is 12.1 Å². The zero-order chi connectivity index (χ0) is 12.3. The number of aromatic hydroxyl groups is 1. The van der Waals surface area contributed by atoms with Crippen molar-refractivity contribution in [3.05, 3.63) is 65.7 Å². The average Bonchev–Trinajstić information content (AvgIpc) is 2.39. The van der Waals surface area contributed by atoms with E-state index in [0.29, 0.717) is 5.56 Å². The monoisotopic (exact) mass is 229 g/mol. The molecule has 88 valence electrons. The highest BCUT2D eigenvalue weighted by molar-refractivity contribution is 5.30. The summed E-state index contributed by atoms with van der Waals surface area (Å²) in [5.74, 6) is 0.175. The van der Waals surface area contributed by atoms with Crippen molar-refractivity contribution in [2.24, 2.45) is 5.73 Å². The first-order chi connectivity index (χ1) is 8.18. The van der Waals surface area contributed by atoms with Crippen LogP contribution in [0.2, 0.25) is 0 Å². The highest BCUT2D eigenvalue weighted by Crippen LogP contribution is 2.27. The van der Waals surface area contributed by atoms with Crippen LogP contribution < -0.4 is 5.73 Å². The van der Waals surface area contributed by atoms with Gasteiger partial charge in [0.15, 0.2) is 0 Å². The molecule has 0 bridgehead atoms. The zero-order valence-electron chi connectivity index (χ0n) is 9.32. The Balaban J connectivity index is 2.20. The topological polar surface area (TPSA) is 66.5 Å². The summed E-state index contributed by atoms with van der Waals surface area (Å²) < 4.78 is 0. The summed E-state index contributed by atoms with van der Waals surface area (Å²) in [5, 5.41) is 19.3. The second-order valence-electron chi connectivity index (χ2n) is 3.97. The van der Waals surface area contributed by atoms with Gasteiger partial charge in [-0.25, -0.2) is 0 Å². The van der Waals surface area contributed by atoms with Crippen LogP contribution >= 0.6 is 0 Å². The van der Waals surface area contributed by atoms with Gasteiger partial charge in [-0.1, -0.05) is 42.5 Å². The quantitative estimate of drug-likeness (QED) is 0.755. The summed E-state index contributed by atoms with van der Waals surface area (Å²) in [6.07, 6.45) is -0.780. The molecule has 0 unspecified atom stereocenters. The third kappa shape index (κ3) is 2.64. The molecule has 3 nitrogen and oxygen atoms in total. The summed E-state index contributed by atoms with van der Waals surface area (Å²) >= 11 is 0. The summed E-state index contributed by atoms with van der Waals surface area (Å²) in [6.45, 7) is 0. The Morgan fingerprint density at radius 2 is 1.41 bits per heavy atom. The fourth-order valence-electron chi connectivity index (χ4n) is 1.74. The Kier molecular flexibility index (Phi) is 3.42. The second kappa shape index (κ2) is 4.99. The molecule has 0 aliphatic heterocycles. The van der Waals surface area contributed by atoms with E-state index in [1.165, 1.54) is 12.1 Å². The summed E-state index contributed by atoms with van der Waals surface area (Å²) in [6, 6.07) is 15.4. The number of rotatable bonds is 3. The number of hydrogen-bond acceptors (Lipinski definition) is 3. The van der Waals surface area contributed by atoms with Crippen LogP contribution in [0.1, 0.15) is 23.3 Å². The molecule has 0 radical (unpaired) electrons. The maximum atomic E-state index is 10.1. The molecule has 2 aromatic carbocycles. The van der Waals surface area contributed by atoms with Gasteiger partial charge in [-0.3, -0.25) is 0 Å². The van der Waals surface area contributed by atoms with Gasteiger partial charge in [0, 0.05) is 0 Å². The highest BCUT2D eigenvalue weighted by atomic mass is 16.3. The van der Waals surface area contributed by atoms with Gasteiger partial charge in [0.25, 0.3) is 0 Å². The number of phenols is 1. The van der Waals surface area contributed by atoms with Gasteiger partial charge in [-0.05, 0) is 23.3 Å². The summed E-state index contributed by atoms with van der Waals surface area (Å²) in [5.41, 5.74) is 7.57. The van der Waals surface area contributed by atoms with E-state index in [1.54, 1.807) is 12.1 Å². The first-order valence-electron chi connectivity index (χ1n) is 5.46. The van der Waals surface area contributed by atoms with Crippen LogP contribution in [0.5, 0.6) is 5.75 Å². The molecule has 2 aromatic rings. The lowest BCUT2D eigenvalue weighted by molar-refractivity contribution is 0.147. The summed E-state index contributed by atoms with van der Waals surface area (Å²) in [4.78, 5) is 0.